The molecule has 0 aliphatic carbocycles. The third kappa shape index (κ3) is 3.45. The number of carbonyl (C=O) groups is 1. The topological polar surface area (TPSA) is 38.3 Å². The predicted molar refractivity (Wildman–Crippen MR) is 78.9 cm³/mol. The van der Waals surface area contributed by atoms with E-state index >= 15 is 0 Å². The molecule has 1 heterocycles. The maximum atomic E-state index is 11.4. The van der Waals surface area contributed by atoms with Gasteiger partial charge in [-0.3, -0.25) is 4.79 Å². The molecule has 1 unspecified atom stereocenters. The number of fused-ring (bicyclic) bond motifs is 1. The maximum Gasteiger partial charge on any atom is 0.217 e. The summed E-state index contributed by atoms with van der Waals surface area (Å²) in [5.74, 6) is -0.0303. The van der Waals surface area contributed by atoms with E-state index < -0.39 is 0 Å². The molecule has 1 aromatic rings. The van der Waals surface area contributed by atoms with Crippen LogP contribution in [0.15, 0.2) is 29.3 Å². The second-order valence-electron chi connectivity index (χ2n) is 4.71. The first-order valence-corrected chi connectivity index (χ1v) is 7.18. The van der Waals surface area contributed by atoms with Crippen molar-refractivity contribution < 1.29 is 9.53 Å². The van der Waals surface area contributed by atoms with Gasteiger partial charge in [0.1, 0.15) is 0 Å². The SMILES string of the molecule is C=CCC(NC(C)=O)c1cc(Br)cc2c1COCC2. The molecule has 2 rings (SSSR count). The number of benzene rings is 1. The maximum absolute atomic E-state index is 11.4. The van der Waals surface area contributed by atoms with Crippen molar-refractivity contribution in [1.29, 1.82) is 0 Å². The van der Waals surface area contributed by atoms with Gasteiger partial charge in [0, 0.05) is 11.4 Å². The summed E-state index contributed by atoms with van der Waals surface area (Å²) < 4.78 is 6.60. The Labute approximate surface area is 122 Å². The monoisotopic (exact) mass is 323 g/mol. The van der Waals surface area contributed by atoms with Crippen LogP contribution in [0.5, 0.6) is 0 Å². The van der Waals surface area contributed by atoms with Crippen molar-refractivity contribution in [3.63, 3.8) is 0 Å². The first-order chi connectivity index (χ1) is 9.11. The van der Waals surface area contributed by atoms with E-state index in [0.717, 1.165) is 23.1 Å². The highest BCUT2D eigenvalue weighted by molar-refractivity contribution is 9.10. The number of halogens is 1. The number of nitrogens with one attached hydrogen (secondary N) is 1. The average Bonchev–Trinajstić information content (AvgIpc) is 2.36. The van der Waals surface area contributed by atoms with Crippen LogP contribution in [0, 0.1) is 0 Å². The Balaban J connectivity index is 2.42. The molecule has 0 bridgehead atoms. The van der Waals surface area contributed by atoms with E-state index in [2.05, 4.69) is 40.0 Å². The lowest BCUT2D eigenvalue weighted by atomic mass is 9.92. The van der Waals surface area contributed by atoms with Gasteiger partial charge in [0.2, 0.25) is 5.91 Å². The number of carbonyl (C=O) groups excluding carboxylic acids is 1. The van der Waals surface area contributed by atoms with E-state index in [1.807, 2.05) is 6.08 Å². The first-order valence-electron chi connectivity index (χ1n) is 6.38. The summed E-state index contributed by atoms with van der Waals surface area (Å²) in [7, 11) is 0. The van der Waals surface area contributed by atoms with Crippen LogP contribution in [-0.4, -0.2) is 12.5 Å². The minimum absolute atomic E-state index is 0.0303. The van der Waals surface area contributed by atoms with Crippen LogP contribution < -0.4 is 5.32 Å². The highest BCUT2D eigenvalue weighted by Crippen LogP contribution is 2.31. The second kappa shape index (κ2) is 6.35. The molecule has 1 N–H and O–H groups in total. The molecule has 19 heavy (non-hydrogen) atoms. The van der Waals surface area contributed by atoms with E-state index in [-0.39, 0.29) is 11.9 Å². The van der Waals surface area contributed by atoms with Crippen LogP contribution in [0.3, 0.4) is 0 Å². The smallest absolute Gasteiger partial charge is 0.217 e. The highest BCUT2D eigenvalue weighted by Gasteiger charge is 2.20. The molecule has 1 aliphatic heterocycles. The zero-order chi connectivity index (χ0) is 13.8. The van der Waals surface area contributed by atoms with Gasteiger partial charge in [-0.2, -0.15) is 0 Å². The van der Waals surface area contributed by atoms with Crippen molar-refractivity contribution in [2.75, 3.05) is 6.61 Å². The van der Waals surface area contributed by atoms with E-state index in [1.165, 1.54) is 18.1 Å². The summed E-state index contributed by atoms with van der Waals surface area (Å²) in [6, 6.07) is 4.17. The summed E-state index contributed by atoms with van der Waals surface area (Å²) in [6.45, 7) is 6.69. The number of hydrogen-bond acceptors (Lipinski definition) is 2. The van der Waals surface area contributed by atoms with Gasteiger partial charge < -0.3 is 10.1 Å². The van der Waals surface area contributed by atoms with Crippen molar-refractivity contribution >= 4 is 21.8 Å². The fraction of sp³-hybridized carbons (Fsp3) is 0.400. The lowest BCUT2D eigenvalue weighted by Gasteiger charge is -2.25. The van der Waals surface area contributed by atoms with Crippen molar-refractivity contribution in [2.24, 2.45) is 0 Å². The molecule has 1 aliphatic rings. The molecule has 1 amide bonds. The minimum atomic E-state index is -0.0389. The van der Waals surface area contributed by atoms with Gasteiger partial charge in [-0.15, -0.1) is 6.58 Å². The molecule has 3 nitrogen and oxygen atoms in total. The van der Waals surface area contributed by atoms with Crippen molar-refractivity contribution in [3.8, 4) is 0 Å². The Morgan fingerprint density at radius 3 is 3.11 bits per heavy atom. The fourth-order valence-corrected chi connectivity index (χ4v) is 2.98. The van der Waals surface area contributed by atoms with Gasteiger partial charge >= 0.3 is 0 Å². The number of amides is 1. The second-order valence-corrected chi connectivity index (χ2v) is 5.63. The normalized spacial score (nSPS) is 15.5. The average molecular weight is 324 g/mol. The molecule has 0 fully saturated rings. The van der Waals surface area contributed by atoms with Crippen LogP contribution in [0.1, 0.15) is 36.1 Å². The molecule has 4 heteroatoms. The Morgan fingerprint density at radius 2 is 2.42 bits per heavy atom. The van der Waals surface area contributed by atoms with Crippen LogP contribution >= 0.6 is 15.9 Å². The largest absolute Gasteiger partial charge is 0.376 e. The molecule has 1 atom stereocenters. The lowest BCUT2D eigenvalue weighted by Crippen LogP contribution is -2.27. The van der Waals surface area contributed by atoms with Gasteiger partial charge in [0.25, 0.3) is 0 Å². The molecule has 0 saturated heterocycles. The standard InChI is InChI=1S/C15H18BrNO2/c1-3-4-15(17-10(2)18)13-8-12(16)7-11-5-6-19-9-14(11)13/h3,7-8,15H,1,4-6,9H2,2H3,(H,17,18). The van der Waals surface area contributed by atoms with E-state index in [4.69, 9.17) is 4.74 Å². The van der Waals surface area contributed by atoms with Gasteiger partial charge in [-0.05, 0) is 41.7 Å². The Hall–Kier alpha value is -1.13. The van der Waals surface area contributed by atoms with Gasteiger partial charge in [0.05, 0.1) is 19.3 Å². The van der Waals surface area contributed by atoms with Gasteiger partial charge in [-0.25, -0.2) is 0 Å². The summed E-state index contributed by atoms with van der Waals surface area (Å²) in [5, 5.41) is 2.99. The first kappa shape index (κ1) is 14.3. The minimum Gasteiger partial charge on any atom is -0.376 e. The molecule has 0 aromatic heterocycles. The number of rotatable bonds is 4. The van der Waals surface area contributed by atoms with Crippen LogP contribution in [-0.2, 0) is 22.6 Å². The molecule has 0 saturated carbocycles. The number of ether oxygens (including phenoxy) is 1. The van der Waals surface area contributed by atoms with Gasteiger partial charge in [-0.1, -0.05) is 22.0 Å². The van der Waals surface area contributed by atoms with Crippen molar-refractivity contribution in [3.05, 3.63) is 46.0 Å². The quantitative estimate of drug-likeness (QED) is 0.863. The van der Waals surface area contributed by atoms with Gasteiger partial charge in [0.15, 0.2) is 0 Å². The lowest BCUT2D eigenvalue weighted by molar-refractivity contribution is -0.119. The molecule has 0 radical (unpaired) electrons. The van der Waals surface area contributed by atoms with Crippen LogP contribution in [0.2, 0.25) is 0 Å². The van der Waals surface area contributed by atoms with E-state index in [1.54, 1.807) is 0 Å². The molecule has 102 valence electrons. The number of hydrogen-bond donors (Lipinski definition) is 1. The third-order valence-corrected chi connectivity index (χ3v) is 3.72. The van der Waals surface area contributed by atoms with E-state index in [0.29, 0.717) is 13.0 Å². The zero-order valence-corrected chi connectivity index (χ0v) is 12.6. The summed E-state index contributed by atoms with van der Waals surface area (Å²) in [6.07, 6.45) is 3.46. The molecule has 1 aromatic carbocycles. The zero-order valence-electron chi connectivity index (χ0n) is 11.0. The summed E-state index contributed by atoms with van der Waals surface area (Å²) in [4.78, 5) is 11.4. The Bertz CT molecular complexity index is 499. The molecule has 0 spiro atoms. The molecular weight excluding hydrogens is 306 g/mol. The van der Waals surface area contributed by atoms with Crippen LogP contribution in [0.25, 0.3) is 0 Å². The van der Waals surface area contributed by atoms with Crippen LogP contribution in [0.4, 0.5) is 0 Å². The Kier molecular flexibility index (Phi) is 4.77. The Morgan fingerprint density at radius 1 is 1.63 bits per heavy atom. The summed E-state index contributed by atoms with van der Waals surface area (Å²) in [5.41, 5.74) is 3.63. The van der Waals surface area contributed by atoms with Crippen molar-refractivity contribution in [1.82, 2.24) is 5.32 Å². The fourth-order valence-electron chi connectivity index (χ4n) is 2.46. The van der Waals surface area contributed by atoms with E-state index in [9.17, 15) is 4.79 Å². The molecular formula is C15H18BrNO2. The highest BCUT2D eigenvalue weighted by atomic mass is 79.9. The summed E-state index contributed by atoms with van der Waals surface area (Å²) >= 11 is 3.55. The van der Waals surface area contributed by atoms with Crippen molar-refractivity contribution in [2.45, 2.75) is 32.4 Å². The third-order valence-electron chi connectivity index (χ3n) is 3.26. The predicted octanol–water partition coefficient (Wildman–Crippen LogP) is 3.28.